The lowest BCUT2D eigenvalue weighted by Crippen LogP contribution is -2.37. The van der Waals surface area contributed by atoms with Crippen molar-refractivity contribution in [2.24, 2.45) is 5.92 Å². The maximum absolute atomic E-state index is 3.49. The lowest BCUT2D eigenvalue weighted by molar-refractivity contribution is 0.199. The molecule has 2 unspecified atom stereocenters. The molecule has 1 aliphatic heterocycles. The summed E-state index contributed by atoms with van der Waals surface area (Å²) in [6, 6.07) is 9.17. The minimum absolute atomic E-state index is 0.486. The Balaban J connectivity index is 1.91. The van der Waals surface area contributed by atoms with E-state index in [9.17, 15) is 0 Å². The zero-order chi connectivity index (χ0) is 13.0. The van der Waals surface area contributed by atoms with Gasteiger partial charge in [-0.3, -0.25) is 4.90 Å². The molecule has 1 aromatic rings. The molecule has 0 bridgehead atoms. The number of hydrogen-bond donors (Lipinski definition) is 1. The Hall–Kier alpha value is -0.380. The van der Waals surface area contributed by atoms with Crippen molar-refractivity contribution in [2.45, 2.75) is 25.8 Å². The van der Waals surface area contributed by atoms with Crippen LogP contribution in [0.15, 0.2) is 28.7 Å². The van der Waals surface area contributed by atoms with E-state index in [1.807, 2.05) is 0 Å². The van der Waals surface area contributed by atoms with Crippen LogP contribution in [-0.2, 0) is 0 Å². The molecule has 0 aromatic heterocycles. The van der Waals surface area contributed by atoms with E-state index < -0.39 is 0 Å². The monoisotopic (exact) mass is 310 g/mol. The van der Waals surface area contributed by atoms with Crippen molar-refractivity contribution < 1.29 is 0 Å². The molecule has 1 saturated heterocycles. The molecular weight excluding hydrogens is 288 g/mol. The van der Waals surface area contributed by atoms with Gasteiger partial charge < -0.3 is 5.32 Å². The summed E-state index contributed by atoms with van der Waals surface area (Å²) < 4.78 is 1.15. The van der Waals surface area contributed by atoms with Gasteiger partial charge in [0.1, 0.15) is 0 Å². The summed E-state index contributed by atoms with van der Waals surface area (Å²) in [5.74, 6) is 0.807. The van der Waals surface area contributed by atoms with Crippen LogP contribution in [0.25, 0.3) is 0 Å². The topological polar surface area (TPSA) is 15.3 Å². The summed E-state index contributed by atoms with van der Waals surface area (Å²) in [7, 11) is 2.24. The van der Waals surface area contributed by atoms with E-state index in [2.05, 4.69) is 64.4 Å². The van der Waals surface area contributed by atoms with Crippen LogP contribution in [0.4, 0.5) is 0 Å². The third-order valence-corrected chi connectivity index (χ3v) is 4.49. The summed E-state index contributed by atoms with van der Waals surface area (Å²) >= 11 is 3.49. The molecule has 0 aliphatic carbocycles. The first-order valence-corrected chi connectivity index (χ1v) is 7.62. The van der Waals surface area contributed by atoms with Crippen molar-refractivity contribution >= 4 is 15.9 Å². The largest absolute Gasteiger partial charge is 0.316 e. The van der Waals surface area contributed by atoms with Crippen molar-refractivity contribution in [2.75, 3.05) is 26.7 Å². The fourth-order valence-corrected chi connectivity index (χ4v) is 2.91. The van der Waals surface area contributed by atoms with Gasteiger partial charge in [0.05, 0.1) is 0 Å². The van der Waals surface area contributed by atoms with Gasteiger partial charge in [-0.15, -0.1) is 0 Å². The number of rotatable bonds is 4. The third-order valence-electron chi connectivity index (χ3n) is 3.96. The molecule has 1 N–H and O–H groups in total. The van der Waals surface area contributed by atoms with E-state index in [1.165, 1.54) is 38.0 Å². The molecule has 1 aromatic carbocycles. The molecule has 0 amide bonds. The zero-order valence-electron chi connectivity index (χ0n) is 11.3. The van der Waals surface area contributed by atoms with Crippen LogP contribution in [0.3, 0.4) is 0 Å². The van der Waals surface area contributed by atoms with Gasteiger partial charge in [-0.25, -0.2) is 0 Å². The Labute approximate surface area is 119 Å². The predicted molar refractivity (Wildman–Crippen MR) is 80.8 cm³/mol. The Kier molecular flexibility index (Phi) is 5.22. The summed E-state index contributed by atoms with van der Waals surface area (Å²) in [5.41, 5.74) is 1.39. The van der Waals surface area contributed by atoms with Crippen LogP contribution in [0.1, 0.15) is 31.4 Å². The van der Waals surface area contributed by atoms with Crippen molar-refractivity contribution in [3.05, 3.63) is 34.3 Å². The van der Waals surface area contributed by atoms with Gasteiger partial charge in [-0.2, -0.15) is 0 Å². The fraction of sp³-hybridized carbons (Fsp3) is 0.600. The minimum Gasteiger partial charge on any atom is -0.316 e. The highest BCUT2D eigenvalue weighted by atomic mass is 79.9. The average molecular weight is 311 g/mol. The predicted octanol–water partition coefficient (Wildman–Crippen LogP) is 3.44. The van der Waals surface area contributed by atoms with Gasteiger partial charge in [-0.05, 0) is 63.5 Å². The van der Waals surface area contributed by atoms with Crippen molar-refractivity contribution in [1.29, 1.82) is 0 Å². The molecule has 1 heterocycles. The van der Waals surface area contributed by atoms with Gasteiger partial charge >= 0.3 is 0 Å². The average Bonchev–Trinajstić information content (AvgIpc) is 2.40. The highest BCUT2D eigenvalue weighted by Gasteiger charge is 2.18. The summed E-state index contributed by atoms with van der Waals surface area (Å²) in [4.78, 5) is 2.47. The van der Waals surface area contributed by atoms with E-state index in [1.54, 1.807) is 0 Å². The van der Waals surface area contributed by atoms with Crippen LogP contribution >= 0.6 is 15.9 Å². The van der Waals surface area contributed by atoms with Crippen LogP contribution < -0.4 is 5.32 Å². The van der Waals surface area contributed by atoms with Gasteiger partial charge in [0, 0.05) is 17.1 Å². The smallest absolute Gasteiger partial charge is 0.0316 e. The quantitative estimate of drug-likeness (QED) is 0.916. The second-order valence-electron chi connectivity index (χ2n) is 5.38. The van der Waals surface area contributed by atoms with Crippen molar-refractivity contribution in [1.82, 2.24) is 10.2 Å². The number of halogens is 1. The number of benzene rings is 1. The van der Waals surface area contributed by atoms with Gasteiger partial charge in [0.2, 0.25) is 0 Å². The Bertz CT molecular complexity index is 357. The number of hydrogen-bond acceptors (Lipinski definition) is 2. The number of piperidine rings is 1. The minimum atomic E-state index is 0.486. The summed E-state index contributed by atoms with van der Waals surface area (Å²) in [5, 5.41) is 3.49. The first-order chi connectivity index (χ1) is 8.66. The number of nitrogens with one attached hydrogen (secondary N) is 1. The van der Waals surface area contributed by atoms with Gasteiger partial charge in [0.25, 0.3) is 0 Å². The van der Waals surface area contributed by atoms with Crippen LogP contribution in [0.2, 0.25) is 0 Å². The van der Waals surface area contributed by atoms with Gasteiger partial charge in [0.15, 0.2) is 0 Å². The second-order valence-corrected chi connectivity index (χ2v) is 6.30. The van der Waals surface area contributed by atoms with Crippen molar-refractivity contribution in [3.63, 3.8) is 0 Å². The van der Waals surface area contributed by atoms with E-state index in [-0.39, 0.29) is 0 Å². The van der Waals surface area contributed by atoms with E-state index in [4.69, 9.17) is 0 Å². The maximum atomic E-state index is 3.49. The Morgan fingerprint density at radius 3 is 2.72 bits per heavy atom. The van der Waals surface area contributed by atoms with Crippen LogP contribution in [0.5, 0.6) is 0 Å². The van der Waals surface area contributed by atoms with E-state index in [0.717, 1.165) is 10.4 Å². The molecule has 0 spiro atoms. The Morgan fingerprint density at radius 1 is 1.39 bits per heavy atom. The second kappa shape index (κ2) is 6.69. The molecule has 2 nitrogen and oxygen atoms in total. The molecule has 100 valence electrons. The standard InChI is InChI=1S/C15H23BrN2/c1-12(14-5-7-15(16)8-6-14)18(2)11-13-4-3-9-17-10-13/h5-8,12-13,17H,3-4,9-11H2,1-2H3. The number of nitrogens with zero attached hydrogens (tertiary/aromatic N) is 1. The lowest BCUT2D eigenvalue weighted by Gasteiger charge is -2.31. The molecule has 0 saturated carbocycles. The van der Waals surface area contributed by atoms with Crippen LogP contribution in [0, 0.1) is 5.92 Å². The first kappa shape index (κ1) is 14.0. The molecule has 1 aliphatic rings. The zero-order valence-corrected chi connectivity index (χ0v) is 12.9. The van der Waals surface area contributed by atoms with Crippen LogP contribution in [-0.4, -0.2) is 31.6 Å². The molecular formula is C15H23BrN2. The van der Waals surface area contributed by atoms with E-state index in [0.29, 0.717) is 6.04 Å². The lowest BCUT2D eigenvalue weighted by atomic mass is 9.98. The van der Waals surface area contributed by atoms with Crippen molar-refractivity contribution in [3.8, 4) is 0 Å². The fourth-order valence-electron chi connectivity index (χ4n) is 2.64. The Morgan fingerprint density at radius 2 is 2.11 bits per heavy atom. The van der Waals surface area contributed by atoms with E-state index >= 15 is 0 Å². The molecule has 2 atom stereocenters. The SMILES string of the molecule is CC(c1ccc(Br)cc1)N(C)CC1CCCNC1. The summed E-state index contributed by atoms with van der Waals surface area (Å²) in [6.07, 6.45) is 2.69. The third kappa shape index (κ3) is 3.81. The summed E-state index contributed by atoms with van der Waals surface area (Å²) in [6.45, 7) is 5.85. The molecule has 18 heavy (non-hydrogen) atoms. The molecule has 0 radical (unpaired) electrons. The van der Waals surface area contributed by atoms with Gasteiger partial charge in [-0.1, -0.05) is 28.1 Å². The normalized spacial score (nSPS) is 22.1. The highest BCUT2D eigenvalue weighted by Crippen LogP contribution is 2.23. The molecule has 1 fully saturated rings. The first-order valence-electron chi connectivity index (χ1n) is 6.83. The molecule has 2 rings (SSSR count). The maximum Gasteiger partial charge on any atom is 0.0316 e. The highest BCUT2D eigenvalue weighted by molar-refractivity contribution is 9.10. The molecule has 3 heteroatoms.